The summed E-state index contributed by atoms with van der Waals surface area (Å²) in [6.07, 6.45) is -1.18. The van der Waals surface area contributed by atoms with Gasteiger partial charge in [0, 0.05) is 11.6 Å². The molecular weight excluding hydrogens is 558 g/mol. The van der Waals surface area contributed by atoms with Crippen LogP contribution in [0.4, 0.5) is 4.79 Å². The zero-order chi connectivity index (χ0) is 29.5. The molecule has 1 atom stereocenters. The quantitative estimate of drug-likeness (QED) is 0.314. The van der Waals surface area contributed by atoms with Gasteiger partial charge in [-0.15, -0.1) is 0 Å². The van der Waals surface area contributed by atoms with Crippen LogP contribution in [0, 0.1) is 0 Å². The Bertz CT molecular complexity index is 1420. The number of aliphatic hydroxyl groups is 1. The normalized spacial score (nSPS) is 12.4. The molecule has 0 aliphatic carbocycles. The summed E-state index contributed by atoms with van der Waals surface area (Å²) in [6, 6.07) is 18.6. The molecule has 1 amide bonds. The lowest BCUT2D eigenvalue weighted by atomic mass is 10.1. The summed E-state index contributed by atoms with van der Waals surface area (Å²) >= 11 is 6.05. The molecule has 0 saturated carbocycles. The molecule has 0 heterocycles. The van der Waals surface area contributed by atoms with E-state index in [0.29, 0.717) is 17.0 Å². The number of benzene rings is 3. The van der Waals surface area contributed by atoms with Crippen molar-refractivity contribution in [2.45, 2.75) is 48.7 Å². The molecule has 0 aliphatic heterocycles. The van der Waals surface area contributed by atoms with E-state index in [4.69, 9.17) is 26.2 Å². The van der Waals surface area contributed by atoms with Crippen LogP contribution >= 0.6 is 11.6 Å². The summed E-state index contributed by atoms with van der Waals surface area (Å²) in [6.45, 7) is 4.94. The van der Waals surface area contributed by atoms with Crippen molar-refractivity contribution in [3.05, 3.63) is 88.9 Å². The second-order valence-corrected chi connectivity index (χ2v) is 12.4. The van der Waals surface area contributed by atoms with Crippen LogP contribution in [0.25, 0.3) is 0 Å². The summed E-state index contributed by atoms with van der Waals surface area (Å²) in [4.78, 5) is 25.1. The second kappa shape index (κ2) is 13.2. The molecule has 11 heteroatoms. The Kier molecular flexibility index (Phi) is 10.2. The summed E-state index contributed by atoms with van der Waals surface area (Å²) in [5, 5.41) is 19.9. The number of hydrogen-bond acceptors (Lipinski definition) is 7. The monoisotopic (exact) mass is 589 g/mol. The Hall–Kier alpha value is -3.60. The lowest BCUT2D eigenvalue weighted by Crippen LogP contribution is -2.40. The number of carbonyl (C=O) groups is 2. The molecular formula is C29H32ClNO8S. The smallest absolute Gasteiger partial charge is 0.410 e. The van der Waals surface area contributed by atoms with E-state index in [1.165, 1.54) is 41.3 Å². The first-order chi connectivity index (χ1) is 18.7. The van der Waals surface area contributed by atoms with E-state index in [0.717, 1.165) is 5.56 Å². The maximum Gasteiger partial charge on any atom is 0.410 e. The number of amides is 1. The molecule has 3 aromatic carbocycles. The maximum absolute atomic E-state index is 13.0. The minimum absolute atomic E-state index is 0.0199. The second-order valence-electron chi connectivity index (χ2n) is 10.0. The van der Waals surface area contributed by atoms with E-state index in [9.17, 15) is 23.1 Å². The van der Waals surface area contributed by atoms with Crippen LogP contribution in [-0.4, -0.2) is 60.9 Å². The Morgan fingerprint density at radius 3 is 2.12 bits per heavy atom. The summed E-state index contributed by atoms with van der Waals surface area (Å²) in [5.74, 6) is -0.894. The van der Waals surface area contributed by atoms with Crippen molar-refractivity contribution in [2.75, 3.05) is 19.7 Å². The lowest BCUT2D eigenvalue weighted by Gasteiger charge is -2.29. The number of carbonyl (C=O) groups excluding carboxylic acids is 1. The van der Waals surface area contributed by atoms with Gasteiger partial charge in [0.05, 0.1) is 22.4 Å². The fraction of sp³-hybridized carbons (Fsp3) is 0.310. The molecule has 0 spiro atoms. The predicted molar refractivity (Wildman–Crippen MR) is 149 cm³/mol. The number of halogens is 1. The van der Waals surface area contributed by atoms with Crippen LogP contribution in [-0.2, 0) is 25.8 Å². The van der Waals surface area contributed by atoms with Crippen LogP contribution < -0.4 is 4.74 Å². The van der Waals surface area contributed by atoms with Crippen molar-refractivity contribution in [1.82, 2.24) is 4.90 Å². The predicted octanol–water partition coefficient (Wildman–Crippen LogP) is 5.15. The summed E-state index contributed by atoms with van der Waals surface area (Å²) in [7, 11) is -3.82. The molecule has 9 nitrogen and oxygen atoms in total. The van der Waals surface area contributed by atoms with E-state index >= 15 is 0 Å². The van der Waals surface area contributed by atoms with Crippen molar-refractivity contribution < 1.29 is 37.7 Å². The number of rotatable bonds is 11. The highest BCUT2D eigenvalue weighted by molar-refractivity contribution is 7.91. The van der Waals surface area contributed by atoms with Crippen molar-refractivity contribution >= 4 is 33.5 Å². The Morgan fingerprint density at radius 2 is 1.57 bits per heavy atom. The van der Waals surface area contributed by atoms with Crippen LogP contribution in [0.1, 0.15) is 38.0 Å². The number of nitrogens with zero attached hydrogens (tertiary/aromatic N) is 1. The van der Waals surface area contributed by atoms with Crippen molar-refractivity contribution in [2.24, 2.45) is 0 Å². The van der Waals surface area contributed by atoms with E-state index in [1.54, 1.807) is 57.2 Å². The molecule has 3 rings (SSSR count). The molecule has 0 unspecified atom stereocenters. The third-order valence-corrected chi connectivity index (χ3v) is 7.70. The van der Waals surface area contributed by atoms with Crippen LogP contribution in [0.3, 0.4) is 0 Å². The number of hydrogen-bond donors (Lipinski definition) is 2. The standard InChI is InChI=1S/C29H32ClNO8S/c1-29(2,3)39-28(35)31(18-26(32)21-5-4-6-22(30)17-21)16-15-20-7-11-24(12-8-20)40(36,37)25-13-9-23(10-14-25)38-19-27(33)34/h4-14,17,26,32H,15-16,18-19H2,1-3H3,(H,33,34)/t26-/m0/s1. The molecule has 3 aromatic rings. The van der Waals surface area contributed by atoms with Crippen LogP contribution in [0.15, 0.2) is 82.6 Å². The number of carboxylic acid groups (broad SMARTS) is 1. The van der Waals surface area contributed by atoms with Gasteiger partial charge in [-0.2, -0.15) is 0 Å². The molecule has 0 saturated heterocycles. The number of sulfone groups is 1. The average molecular weight is 590 g/mol. The zero-order valence-corrected chi connectivity index (χ0v) is 24.0. The highest BCUT2D eigenvalue weighted by Gasteiger charge is 2.25. The van der Waals surface area contributed by atoms with Crippen LogP contribution in [0.2, 0.25) is 5.02 Å². The summed E-state index contributed by atoms with van der Waals surface area (Å²) in [5.41, 5.74) is 0.617. The third-order valence-electron chi connectivity index (χ3n) is 5.68. The van der Waals surface area contributed by atoms with Gasteiger partial charge in [0.1, 0.15) is 11.4 Å². The van der Waals surface area contributed by atoms with Gasteiger partial charge in [0.15, 0.2) is 6.61 Å². The molecule has 0 radical (unpaired) electrons. The van der Waals surface area contributed by atoms with E-state index in [1.807, 2.05) is 0 Å². The number of ether oxygens (including phenoxy) is 2. The number of aliphatic carboxylic acids is 1. The zero-order valence-electron chi connectivity index (χ0n) is 22.4. The minimum Gasteiger partial charge on any atom is -0.482 e. The molecule has 2 N–H and O–H groups in total. The van der Waals surface area contributed by atoms with Gasteiger partial charge >= 0.3 is 12.1 Å². The van der Waals surface area contributed by atoms with Gasteiger partial charge < -0.3 is 24.6 Å². The molecule has 0 bridgehead atoms. The maximum atomic E-state index is 13.0. The average Bonchev–Trinajstić information content (AvgIpc) is 2.89. The van der Waals surface area contributed by atoms with Crippen molar-refractivity contribution in [1.29, 1.82) is 0 Å². The van der Waals surface area contributed by atoms with Gasteiger partial charge in [-0.1, -0.05) is 35.9 Å². The number of carboxylic acids is 1. The SMILES string of the molecule is CC(C)(C)OC(=O)N(CCc1ccc(S(=O)(=O)c2ccc(OCC(=O)O)cc2)cc1)C[C@H](O)c1cccc(Cl)c1. The van der Waals surface area contributed by atoms with Gasteiger partial charge in [-0.3, -0.25) is 0 Å². The largest absolute Gasteiger partial charge is 0.482 e. The van der Waals surface area contributed by atoms with E-state index in [-0.39, 0.29) is 28.6 Å². The fourth-order valence-electron chi connectivity index (χ4n) is 3.71. The van der Waals surface area contributed by atoms with Gasteiger partial charge in [0.2, 0.25) is 9.84 Å². The molecule has 214 valence electrons. The molecule has 40 heavy (non-hydrogen) atoms. The first kappa shape index (κ1) is 30.9. The molecule has 0 fully saturated rings. The Morgan fingerprint density at radius 1 is 0.975 bits per heavy atom. The Labute approximate surface area is 238 Å². The highest BCUT2D eigenvalue weighted by atomic mass is 35.5. The van der Waals surface area contributed by atoms with E-state index in [2.05, 4.69) is 0 Å². The highest BCUT2D eigenvalue weighted by Crippen LogP contribution is 2.24. The third kappa shape index (κ3) is 8.97. The Balaban J connectivity index is 1.70. The molecule has 0 aromatic heterocycles. The first-order valence-electron chi connectivity index (χ1n) is 12.4. The number of aliphatic hydroxyl groups excluding tert-OH is 1. The fourth-order valence-corrected chi connectivity index (χ4v) is 5.17. The van der Waals surface area contributed by atoms with Gasteiger partial charge in [0.25, 0.3) is 0 Å². The van der Waals surface area contributed by atoms with Crippen molar-refractivity contribution in [3.63, 3.8) is 0 Å². The van der Waals surface area contributed by atoms with Gasteiger partial charge in [-0.05, 0) is 86.8 Å². The van der Waals surface area contributed by atoms with Gasteiger partial charge in [-0.25, -0.2) is 18.0 Å². The van der Waals surface area contributed by atoms with Crippen molar-refractivity contribution in [3.8, 4) is 5.75 Å². The lowest BCUT2D eigenvalue weighted by molar-refractivity contribution is -0.139. The minimum atomic E-state index is -3.82. The first-order valence-corrected chi connectivity index (χ1v) is 14.3. The summed E-state index contributed by atoms with van der Waals surface area (Å²) < 4.78 is 36.7. The topological polar surface area (TPSA) is 130 Å². The molecule has 0 aliphatic rings. The van der Waals surface area contributed by atoms with E-state index < -0.39 is 40.2 Å². The van der Waals surface area contributed by atoms with Crippen LogP contribution in [0.5, 0.6) is 5.75 Å².